The van der Waals surface area contributed by atoms with E-state index in [1.54, 1.807) is 13.0 Å². The summed E-state index contributed by atoms with van der Waals surface area (Å²) in [7, 11) is 0. The topological polar surface area (TPSA) is 29.4 Å². The first-order valence-electron chi connectivity index (χ1n) is 3.94. The Morgan fingerprint density at radius 3 is 2.42 bits per heavy atom. The van der Waals surface area contributed by atoms with Gasteiger partial charge in [-0.15, -0.1) is 0 Å². The van der Waals surface area contributed by atoms with Crippen molar-refractivity contribution >= 4 is 11.6 Å². The van der Waals surface area contributed by atoms with Crippen molar-refractivity contribution in [1.82, 2.24) is 0 Å². The third kappa shape index (κ3) is 4.29. The molecule has 0 bridgehead atoms. The first kappa shape index (κ1) is 11.4. The van der Waals surface area contributed by atoms with E-state index in [0.717, 1.165) is 12.0 Å². The third-order valence-corrected chi connectivity index (χ3v) is 1.74. The van der Waals surface area contributed by atoms with Gasteiger partial charge in [-0.25, -0.2) is 0 Å². The van der Waals surface area contributed by atoms with Crippen LogP contribution in [0.15, 0.2) is 27.9 Å². The van der Waals surface area contributed by atoms with Gasteiger partial charge in [0.05, 0.1) is 0 Å². The normalized spacial score (nSPS) is 16.0. The van der Waals surface area contributed by atoms with Crippen LogP contribution in [0, 0.1) is 4.91 Å². The quantitative estimate of drug-likeness (QED) is 0.488. The molecule has 0 aliphatic heterocycles. The fourth-order valence-corrected chi connectivity index (χ4v) is 0.900. The highest BCUT2D eigenvalue weighted by atomic mass is 35.5. The van der Waals surface area contributed by atoms with Crippen LogP contribution in [-0.4, -0.2) is 6.04 Å². The van der Waals surface area contributed by atoms with Gasteiger partial charge in [0.15, 0.2) is 0 Å². The number of nitroso groups, excluding NO2 is 1. The van der Waals surface area contributed by atoms with E-state index in [9.17, 15) is 4.91 Å². The molecular formula is C9H14ClNO. The first-order chi connectivity index (χ1) is 5.61. The summed E-state index contributed by atoms with van der Waals surface area (Å²) < 4.78 is 0. The van der Waals surface area contributed by atoms with Crippen LogP contribution in [0.2, 0.25) is 0 Å². The second-order valence-electron chi connectivity index (χ2n) is 2.69. The smallest absolute Gasteiger partial charge is 0.113 e. The van der Waals surface area contributed by atoms with Crippen molar-refractivity contribution in [2.75, 3.05) is 0 Å². The van der Waals surface area contributed by atoms with Crippen LogP contribution in [0.4, 0.5) is 0 Å². The van der Waals surface area contributed by atoms with Gasteiger partial charge in [0.1, 0.15) is 6.04 Å². The van der Waals surface area contributed by atoms with E-state index in [4.69, 9.17) is 11.6 Å². The van der Waals surface area contributed by atoms with E-state index in [1.807, 2.05) is 19.9 Å². The minimum absolute atomic E-state index is 0.211. The van der Waals surface area contributed by atoms with Crippen molar-refractivity contribution < 1.29 is 0 Å². The lowest BCUT2D eigenvalue weighted by molar-refractivity contribution is 0.736. The maximum Gasteiger partial charge on any atom is 0.113 e. The van der Waals surface area contributed by atoms with Crippen LogP contribution in [0.5, 0.6) is 0 Å². The van der Waals surface area contributed by atoms with E-state index >= 15 is 0 Å². The Kier molecular flexibility index (Phi) is 5.64. The van der Waals surface area contributed by atoms with Crippen molar-refractivity contribution in [1.29, 1.82) is 0 Å². The van der Waals surface area contributed by atoms with Gasteiger partial charge < -0.3 is 0 Å². The molecule has 0 heterocycles. The van der Waals surface area contributed by atoms with Crippen LogP contribution in [0.25, 0.3) is 0 Å². The Balaban J connectivity index is 4.34. The number of halogens is 1. The molecule has 2 nitrogen and oxygen atoms in total. The average Bonchev–Trinajstić information content (AvgIpc) is 2.03. The van der Waals surface area contributed by atoms with E-state index < -0.39 is 0 Å². The van der Waals surface area contributed by atoms with Gasteiger partial charge in [-0.05, 0) is 31.9 Å². The maximum atomic E-state index is 10.3. The molecule has 0 aliphatic carbocycles. The van der Waals surface area contributed by atoms with Gasteiger partial charge in [0.2, 0.25) is 0 Å². The lowest BCUT2D eigenvalue weighted by Gasteiger charge is -2.04. The molecular weight excluding hydrogens is 174 g/mol. The summed E-state index contributed by atoms with van der Waals surface area (Å²) >= 11 is 5.62. The van der Waals surface area contributed by atoms with Gasteiger partial charge >= 0.3 is 0 Å². The van der Waals surface area contributed by atoms with Crippen LogP contribution in [-0.2, 0) is 0 Å². The lowest BCUT2D eigenvalue weighted by atomic mass is 10.1. The molecule has 0 N–H and O–H groups in total. The Labute approximate surface area is 78.3 Å². The van der Waals surface area contributed by atoms with Crippen molar-refractivity contribution in [3.05, 3.63) is 27.7 Å². The number of nitrogens with zero attached hydrogens (tertiary/aromatic N) is 1. The molecule has 0 aliphatic rings. The number of rotatable bonds is 4. The minimum Gasteiger partial charge on any atom is -0.150 e. The monoisotopic (exact) mass is 187 g/mol. The first-order valence-corrected chi connectivity index (χ1v) is 4.32. The van der Waals surface area contributed by atoms with E-state index in [0.29, 0.717) is 5.03 Å². The zero-order valence-electron chi connectivity index (χ0n) is 7.67. The standard InChI is InChI=1S/C9H14ClNO/c1-4-9(11-12)7(2)5-6-8(3)10/h5-6,9H,4H2,1-3H3/b7-5+,8-6?. The summed E-state index contributed by atoms with van der Waals surface area (Å²) in [5, 5.41) is 3.70. The number of hydrogen-bond acceptors (Lipinski definition) is 2. The van der Waals surface area contributed by atoms with Crippen molar-refractivity contribution in [2.45, 2.75) is 33.2 Å². The van der Waals surface area contributed by atoms with Crippen LogP contribution >= 0.6 is 11.6 Å². The lowest BCUT2D eigenvalue weighted by Crippen LogP contribution is -2.02. The van der Waals surface area contributed by atoms with Crippen molar-refractivity contribution in [3.63, 3.8) is 0 Å². The van der Waals surface area contributed by atoms with Crippen LogP contribution in [0.3, 0.4) is 0 Å². The fraction of sp³-hybridized carbons (Fsp3) is 0.556. The highest BCUT2D eigenvalue weighted by Crippen LogP contribution is 2.10. The molecule has 0 rings (SSSR count). The summed E-state index contributed by atoms with van der Waals surface area (Å²) in [6.07, 6.45) is 4.34. The zero-order valence-corrected chi connectivity index (χ0v) is 8.43. The molecule has 0 fully saturated rings. The SMILES string of the molecule is CCC(N=O)/C(C)=C/C=C(C)Cl. The highest BCUT2D eigenvalue weighted by molar-refractivity contribution is 6.29. The fourth-order valence-electron chi connectivity index (χ4n) is 0.837. The molecule has 0 aromatic carbocycles. The van der Waals surface area contributed by atoms with Crippen molar-refractivity contribution in [3.8, 4) is 0 Å². The summed E-state index contributed by atoms with van der Waals surface area (Å²) in [6, 6.07) is -0.211. The van der Waals surface area contributed by atoms with Gasteiger partial charge in [0, 0.05) is 5.03 Å². The summed E-state index contributed by atoms with van der Waals surface area (Å²) in [5.74, 6) is 0. The molecule has 1 unspecified atom stereocenters. The Morgan fingerprint density at radius 2 is 2.08 bits per heavy atom. The average molecular weight is 188 g/mol. The molecule has 12 heavy (non-hydrogen) atoms. The van der Waals surface area contributed by atoms with Gasteiger partial charge in [-0.3, -0.25) is 0 Å². The molecule has 0 radical (unpaired) electrons. The van der Waals surface area contributed by atoms with E-state index in [1.165, 1.54) is 0 Å². The number of allylic oxidation sites excluding steroid dienone is 3. The summed E-state index contributed by atoms with van der Waals surface area (Å²) in [5.41, 5.74) is 0.951. The Bertz CT molecular complexity index is 205. The summed E-state index contributed by atoms with van der Waals surface area (Å²) in [4.78, 5) is 10.3. The molecule has 0 amide bonds. The Hall–Kier alpha value is -0.630. The number of hydrogen-bond donors (Lipinski definition) is 0. The predicted octanol–water partition coefficient (Wildman–Crippen LogP) is 3.62. The van der Waals surface area contributed by atoms with E-state index in [-0.39, 0.29) is 6.04 Å². The Morgan fingerprint density at radius 1 is 1.50 bits per heavy atom. The molecule has 0 aromatic rings. The van der Waals surface area contributed by atoms with Gasteiger partial charge in [0.25, 0.3) is 0 Å². The molecule has 0 aromatic heterocycles. The predicted molar refractivity (Wildman–Crippen MR) is 53.2 cm³/mol. The molecule has 0 spiro atoms. The molecule has 0 saturated heterocycles. The van der Waals surface area contributed by atoms with Crippen LogP contribution in [0.1, 0.15) is 27.2 Å². The zero-order chi connectivity index (χ0) is 9.56. The molecule has 3 heteroatoms. The molecule has 1 atom stereocenters. The van der Waals surface area contributed by atoms with Gasteiger partial charge in [-0.1, -0.05) is 29.8 Å². The minimum atomic E-state index is -0.211. The second-order valence-corrected chi connectivity index (χ2v) is 3.29. The largest absolute Gasteiger partial charge is 0.150 e. The second kappa shape index (κ2) is 5.95. The van der Waals surface area contributed by atoms with Gasteiger partial charge in [-0.2, -0.15) is 4.91 Å². The van der Waals surface area contributed by atoms with Crippen molar-refractivity contribution in [2.24, 2.45) is 5.18 Å². The summed E-state index contributed by atoms with van der Waals surface area (Å²) in [6.45, 7) is 5.60. The third-order valence-electron chi connectivity index (χ3n) is 1.62. The van der Waals surface area contributed by atoms with E-state index in [2.05, 4.69) is 5.18 Å². The van der Waals surface area contributed by atoms with Crippen LogP contribution < -0.4 is 0 Å². The highest BCUT2D eigenvalue weighted by Gasteiger charge is 2.05. The maximum absolute atomic E-state index is 10.3. The molecule has 0 saturated carbocycles. The molecule has 68 valence electrons.